The third-order valence-electron chi connectivity index (χ3n) is 1.55. The van der Waals surface area contributed by atoms with Crippen LogP contribution in [0.2, 0.25) is 0 Å². The Morgan fingerprint density at radius 1 is 0.944 bits per heavy atom. The summed E-state index contributed by atoms with van der Waals surface area (Å²) in [6.07, 6.45) is 6.69. The monoisotopic (exact) mass is 278 g/mol. The van der Waals surface area contributed by atoms with E-state index in [9.17, 15) is 0 Å². The van der Waals surface area contributed by atoms with Crippen LogP contribution in [-0.4, -0.2) is 9.57 Å². The molecule has 0 saturated heterocycles. The van der Waals surface area contributed by atoms with Crippen LogP contribution in [0.4, 0.5) is 0 Å². The predicted octanol–water partition coefficient (Wildman–Crippen LogP) is 2.23. The Kier molecular flexibility index (Phi) is 11.3. The minimum Gasteiger partial charge on any atom is -0.366 e. The molecule has 2 rings (SSSR count). The normalized spacial score (nSPS) is 7.06. The van der Waals surface area contributed by atoms with E-state index in [1.807, 2.05) is 60.7 Å². The molecule has 0 spiro atoms. The molecule has 0 fully saturated rings. The van der Waals surface area contributed by atoms with Crippen molar-refractivity contribution in [2.45, 2.75) is 0 Å². The third kappa shape index (κ3) is 10.3. The summed E-state index contributed by atoms with van der Waals surface area (Å²) in [5, 5.41) is 0. The van der Waals surface area contributed by atoms with Crippen molar-refractivity contribution in [1.82, 2.24) is 0 Å². The van der Waals surface area contributed by atoms with E-state index in [1.165, 1.54) is 9.57 Å². The maximum Gasteiger partial charge on any atom is -0.0652 e. The molecule has 3 heteroatoms. The molecule has 18 heavy (non-hydrogen) atoms. The number of carbonyl (C=O) groups excluding carboxylic acids is 2. The van der Waals surface area contributed by atoms with Crippen LogP contribution < -0.4 is 0 Å². The van der Waals surface area contributed by atoms with Gasteiger partial charge in [-0.3, -0.25) is 5.92 Å². The molecular weight excluding hydrogens is 268 g/mol. The summed E-state index contributed by atoms with van der Waals surface area (Å²) in [6, 6.07) is 19.4. The van der Waals surface area contributed by atoms with E-state index in [-0.39, 0.29) is 14.1 Å². The van der Waals surface area contributed by atoms with Crippen molar-refractivity contribution in [3.63, 3.8) is 0 Å². The molecule has 0 heterocycles. The Morgan fingerprint density at radius 2 is 1.50 bits per heavy atom. The summed E-state index contributed by atoms with van der Waals surface area (Å²) in [5.41, 5.74) is 0.826. The molecule has 0 unspecified atom stereocenters. The summed E-state index contributed by atoms with van der Waals surface area (Å²) in [4.78, 5) is 20.7. The molecule has 0 aromatic heterocycles. The Balaban J connectivity index is 0.000000254. The van der Waals surface area contributed by atoms with Crippen molar-refractivity contribution < 1.29 is 23.7 Å². The van der Waals surface area contributed by atoms with Crippen molar-refractivity contribution in [3.05, 3.63) is 72.7 Å². The van der Waals surface area contributed by atoms with E-state index in [4.69, 9.17) is 16.0 Å². The molecule has 0 aliphatic carbocycles. The third-order valence-corrected chi connectivity index (χ3v) is 1.77. The average molecular weight is 278 g/mol. The van der Waals surface area contributed by atoms with Gasteiger partial charge in [0, 0.05) is 0 Å². The molecule has 2 nitrogen and oxygen atoms in total. The zero-order valence-electron chi connectivity index (χ0n) is 9.44. The van der Waals surface area contributed by atoms with Crippen LogP contribution in [0.3, 0.4) is 0 Å². The summed E-state index contributed by atoms with van der Waals surface area (Å²) in [7, 11) is 0. The topological polar surface area (TPSA) is 34.1 Å². The summed E-state index contributed by atoms with van der Waals surface area (Å²) in [5.74, 6) is 2.28. The van der Waals surface area contributed by atoms with Crippen molar-refractivity contribution in [2.75, 3.05) is 0 Å². The zero-order valence-corrected chi connectivity index (χ0v) is 10.5. The molecule has 0 N–H and O–H groups in total. The van der Waals surface area contributed by atoms with E-state index in [0.29, 0.717) is 0 Å². The van der Waals surface area contributed by atoms with Gasteiger partial charge in [0.05, 0.1) is 0 Å². The van der Waals surface area contributed by atoms with Crippen LogP contribution in [0, 0.1) is 12.3 Å². The Morgan fingerprint density at radius 3 is 1.72 bits per heavy atom. The van der Waals surface area contributed by atoms with Gasteiger partial charge in [-0.05, 0) is 0 Å². The fourth-order valence-corrected chi connectivity index (χ4v) is 0.903. The second-order valence-electron chi connectivity index (χ2n) is 2.69. The van der Waals surface area contributed by atoms with Gasteiger partial charge in [-0.25, -0.2) is 12.1 Å². The molecule has 2 aromatic carbocycles. The van der Waals surface area contributed by atoms with E-state index < -0.39 is 0 Å². The van der Waals surface area contributed by atoms with Gasteiger partial charge in [0.2, 0.25) is 0 Å². The molecule has 92 valence electrons. The van der Waals surface area contributed by atoms with Crippen molar-refractivity contribution in [2.24, 2.45) is 0 Å². The molecule has 0 saturated carbocycles. The van der Waals surface area contributed by atoms with Gasteiger partial charge in [0.15, 0.2) is 0 Å². The maximum atomic E-state index is 9.02. The van der Waals surface area contributed by atoms with Gasteiger partial charge in [0.1, 0.15) is 0 Å². The van der Waals surface area contributed by atoms with Crippen molar-refractivity contribution in [3.8, 4) is 5.92 Å². The van der Waals surface area contributed by atoms with Gasteiger partial charge < -0.3 is 6.42 Å². The first kappa shape index (κ1) is 15.8. The summed E-state index contributed by atoms with van der Waals surface area (Å²) >= 11 is -0.222. The molecule has 2 aromatic rings. The van der Waals surface area contributed by atoms with E-state index in [0.717, 1.165) is 5.56 Å². The van der Waals surface area contributed by atoms with Crippen molar-refractivity contribution >= 4 is 9.57 Å². The standard InChI is InChI=1S/C8H5.C5H5.2CO.Fe/c1-2-8-6-4-3-5-7-8;1-2-4-5-3-1;2*1-2;/h3-7H;1-5H;;;/q2*-1;;;. The van der Waals surface area contributed by atoms with Crippen LogP contribution >= 0.6 is 0 Å². The van der Waals surface area contributed by atoms with Crippen LogP contribution in [0.25, 0.3) is 0 Å². The van der Waals surface area contributed by atoms with Crippen LogP contribution in [0.15, 0.2) is 60.7 Å². The molecule has 0 amide bonds. The Hall–Kier alpha value is -2.19. The molecule has 0 aliphatic rings. The summed E-state index contributed by atoms with van der Waals surface area (Å²) < 4.78 is 0. The number of rotatable bonds is 0. The van der Waals surface area contributed by atoms with Gasteiger partial charge >= 0.3 is 33.2 Å². The van der Waals surface area contributed by atoms with Crippen LogP contribution in [-0.2, 0) is 23.7 Å². The number of benzene rings is 1. The molecule has 0 atom stereocenters. The fraction of sp³-hybridized carbons (Fsp3) is 0. The second kappa shape index (κ2) is 12.9. The zero-order chi connectivity index (χ0) is 13.5. The molecule has 0 aliphatic heterocycles. The van der Waals surface area contributed by atoms with Gasteiger partial charge in [-0.15, -0.1) is 17.7 Å². The summed E-state index contributed by atoms with van der Waals surface area (Å²) in [6.45, 7) is 0. The van der Waals surface area contributed by atoms with Crippen LogP contribution in [0.1, 0.15) is 5.56 Å². The van der Waals surface area contributed by atoms with Gasteiger partial charge in [-0.2, -0.15) is 18.2 Å². The number of hydrogen-bond donors (Lipinski definition) is 0. The molecule has 0 radical (unpaired) electrons. The van der Waals surface area contributed by atoms with E-state index in [1.54, 1.807) is 0 Å². The van der Waals surface area contributed by atoms with Gasteiger partial charge in [0.25, 0.3) is 0 Å². The predicted molar refractivity (Wildman–Crippen MR) is 66.1 cm³/mol. The van der Waals surface area contributed by atoms with E-state index in [2.05, 4.69) is 5.92 Å². The molecular formula is C15H10FeO2-2. The minimum atomic E-state index is -0.222. The fourth-order valence-electron chi connectivity index (χ4n) is 0.857. The molecule has 0 bridgehead atoms. The van der Waals surface area contributed by atoms with E-state index >= 15 is 0 Å². The maximum absolute atomic E-state index is 9.02. The Bertz CT molecular complexity index is 519. The largest absolute Gasteiger partial charge is 0.366 e. The smallest absolute Gasteiger partial charge is 0.0652 e. The minimum absolute atomic E-state index is 0.222. The first-order valence-corrected chi connectivity index (χ1v) is 5.94. The Labute approximate surface area is 112 Å². The average Bonchev–Trinajstić information content (AvgIpc) is 3.00. The van der Waals surface area contributed by atoms with Crippen LogP contribution in [0.5, 0.6) is 0 Å². The first-order chi connectivity index (χ1) is 8.85. The first-order valence-electron chi connectivity index (χ1n) is 4.84. The van der Waals surface area contributed by atoms with Gasteiger partial charge in [-0.1, -0.05) is 18.2 Å². The SMILES string of the molecule is O=[C]=[Fe]=[C]=O.[C-]#Cc1ccccc1.c1cc[cH-]c1. The quantitative estimate of drug-likeness (QED) is 0.421. The number of hydrogen-bond acceptors (Lipinski definition) is 2. The second-order valence-corrected chi connectivity index (χ2v) is 3.41. The van der Waals surface area contributed by atoms with Crippen molar-refractivity contribution in [1.29, 1.82) is 0 Å².